The molecule has 0 aliphatic carbocycles. The number of esters is 1. The van der Waals surface area contributed by atoms with Crippen molar-refractivity contribution in [1.29, 1.82) is 0 Å². The van der Waals surface area contributed by atoms with E-state index in [0.29, 0.717) is 17.9 Å². The zero-order valence-electron chi connectivity index (χ0n) is 11.3. The summed E-state index contributed by atoms with van der Waals surface area (Å²) in [5, 5.41) is 2.74. The molecule has 1 rings (SSSR count). The molecule has 5 heteroatoms. The normalized spacial score (nSPS) is 12.1. The molecule has 0 radical (unpaired) electrons. The number of hydrogen-bond acceptors (Lipinski definition) is 3. The van der Waals surface area contributed by atoms with E-state index >= 15 is 0 Å². The number of methoxy groups -OCH3 is 1. The standard InChI is InChI=1S/C14H18INO3/c1-9(2)8-12(14(18)19-3)16-13(17)10-6-4-5-7-11(10)15/h4-7,9,12H,8H2,1-3H3,(H,16,17)/t12-/m1/s1. The summed E-state index contributed by atoms with van der Waals surface area (Å²) in [7, 11) is 1.33. The molecule has 0 saturated heterocycles. The molecule has 0 aliphatic rings. The van der Waals surface area contributed by atoms with Gasteiger partial charge in [-0.2, -0.15) is 0 Å². The predicted molar refractivity (Wildman–Crippen MR) is 81.9 cm³/mol. The van der Waals surface area contributed by atoms with Crippen LogP contribution in [0.4, 0.5) is 0 Å². The van der Waals surface area contributed by atoms with Crippen LogP contribution in [0.3, 0.4) is 0 Å². The first-order valence-electron chi connectivity index (χ1n) is 6.09. The van der Waals surface area contributed by atoms with E-state index in [1.807, 2.05) is 26.0 Å². The largest absolute Gasteiger partial charge is 0.467 e. The summed E-state index contributed by atoms with van der Waals surface area (Å²) in [6.45, 7) is 3.99. The maximum atomic E-state index is 12.2. The highest BCUT2D eigenvalue weighted by Crippen LogP contribution is 2.13. The Labute approximate surface area is 127 Å². The third-order valence-corrected chi connectivity index (χ3v) is 3.56. The summed E-state index contributed by atoms with van der Waals surface area (Å²) in [5.74, 6) is -0.367. The molecule has 1 N–H and O–H groups in total. The van der Waals surface area contributed by atoms with E-state index in [4.69, 9.17) is 4.74 Å². The molecule has 104 valence electrons. The summed E-state index contributed by atoms with van der Waals surface area (Å²) in [4.78, 5) is 23.8. The van der Waals surface area contributed by atoms with Gasteiger partial charge in [0.25, 0.3) is 5.91 Å². The van der Waals surface area contributed by atoms with E-state index in [2.05, 4.69) is 27.9 Å². The Kier molecular flexibility index (Phi) is 6.27. The Bertz CT molecular complexity index is 460. The van der Waals surface area contributed by atoms with Gasteiger partial charge in [0.1, 0.15) is 6.04 Å². The fourth-order valence-electron chi connectivity index (χ4n) is 1.71. The minimum Gasteiger partial charge on any atom is -0.467 e. The second-order valence-electron chi connectivity index (χ2n) is 4.66. The quantitative estimate of drug-likeness (QED) is 0.636. The van der Waals surface area contributed by atoms with Crippen LogP contribution in [-0.4, -0.2) is 25.0 Å². The van der Waals surface area contributed by atoms with Gasteiger partial charge in [-0.1, -0.05) is 26.0 Å². The van der Waals surface area contributed by atoms with Gasteiger partial charge < -0.3 is 10.1 Å². The molecule has 0 unspecified atom stereocenters. The summed E-state index contributed by atoms with van der Waals surface area (Å²) in [5.41, 5.74) is 0.570. The van der Waals surface area contributed by atoms with Crippen LogP contribution in [0.2, 0.25) is 0 Å². The van der Waals surface area contributed by atoms with Crippen LogP contribution in [0.1, 0.15) is 30.6 Å². The van der Waals surface area contributed by atoms with Crippen LogP contribution in [0.5, 0.6) is 0 Å². The average molecular weight is 375 g/mol. The van der Waals surface area contributed by atoms with Crippen LogP contribution < -0.4 is 5.32 Å². The molecule has 1 aromatic rings. The van der Waals surface area contributed by atoms with Gasteiger partial charge in [-0.25, -0.2) is 4.79 Å². The highest BCUT2D eigenvalue weighted by atomic mass is 127. The van der Waals surface area contributed by atoms with Crippen molar-refractivity contribution in [2.45, 2.75) is 26.3 Å². The first kappa shape index (κ1) is 15.9. The number of amides is 1. The number of carbonyl (C=O) groups is 2. The summed E-state index contributed by atoms with van der Waals surface area (Å²) < 4.78 is 5.58. The molecule has 1 aromatic carbocycles. The highest BCUT2D eigenvalue weighted by Gasteiger charge is 2.23. The van der Waals surface area contributed by atoms with Crippen LogP contribution in [0, 0.1) is 9.49 Å². The van der Waals surface area contributed by atoms with E-state index < -0.39 is 12.0 Å². The van der Waals surface area contributed by atoms with Crippen molar-refractivity contribution >= 4 is 34.5 Å². The van der Waals surface area contributed by atoms with Crippen molar-refractivity contribution in [2.24, 2.45) is 5.92 Å². The van der Waals surface area contributed by atoms with E-state index in [1.54, 1.807) is 12.1 Å². The number of ether oxygens (including phenoxy) is 1. The Hall–Kier alpha value is -1.11. The SMILES string of the molecule is COC(=O)[C@@H](CC(C)C)NC(=O)c1ccccc1I. The molecular formula is C14H18INO3. The monoisotopic (exact) mass is 375 g/mol. The Morgan fingerprint density at radius 2 is 1.95 bits per heavy atom. The van der Waals surface area contributed by atoms with Gasteiger partial charge in [0.15, 0.2) is 0 Å². The Morgan fingerprint density at radius 1 is 1.32 bits per heavy atom. The molecule has 0 fully saturated rings. The topological polar surface area (TPSA) is 55.4 Å². The smallest absolute Gasteiger partial charge is 0.328 e. The Balaban J connectivity index is 2.82. The average Bonchev–Trinajstić information content (AvgIpc) is 2.36. The molecule has 0 spiro atoms. The van der Waals surface area contributed by atoms with E-state index in [0.717, 1.165) is 3.57 Å². The van der Waals surface area contributed by atoms with Gasteiger partial charge in [0.2, 0.25) is 0 Å². The second kappa shape index (κ2) is 7.47. The number of rotatable bonds is 5. The number of benzene rings is 1. The molecule has 0 heterocycles. The highest BCUT2D eigenvalue weighted by molar-refractivity contribution is 14.1. The molecule has 1 amide bonds. The second-order valence-corrected chi connectivity index (χ2v) is 5.82. The van der Waals surface area contributed by atoms with Crippen LogP contribution in [0.15, 0.2) is 24.3 Å². The van der Waals surface area contributed by atoms with Crippen molar-refractivity contribution < 1.29 is 14.3 Å². The lowest BCUT2D eigenvalue weighted by Crippen LogP contribution is -2.42. The summed E-state index contributed by atoms with van der Waals surface area (Å²) in [6, 6.07) is 6.65. The van der Waals surface area contributed by atoms with Gasteiger partial charge in [-0.15, -0.1) is 0 Å². The van der Waals surface area contributed by atoms with Crippen molar-refractivity contribution in [2.75, 3.05) is 7.11 Å². The van der Waals surface area contributed by atoms with Crippen molar-refractivity contribution in [3.63, 3.8) is 0 Å². The van der Waals surface area contributed by atoms with Gasteiger partial charge in [0, 0.05) is 3.57 Å². The van der Waals surface area contributed by atoms with Crippen LogP contribution in [-0.2, 0) is 9.53 Å². The number of carbonyl (C=O) groups excluding carboxylic acids is 2. The van der Waals surface area contributed by atoms with Gasteiger partial charge in [-0.3, -0.25) is 4.79 Å². The molecule has 0 saturated carbocycles. The maximum Gasteiger partial charge on any atom is 0.328 e. The van der Waals surface area contributed by atoms with Gasteiger partial charge in [0.05, 0.1) is 12.7 Å². The number of hydrogen-bond donors (Lipinski definition) is 1. The lowest BCUT2D eigenvalue weighted by Gasteiger charge is -2.18. The van der Waals surface area contributed by atoms with Crippen molar-refractivity contribution in [1.82, 2.24) is 5.32 Å². The van der Waals surface area contributed by atoms with Gasteiger partial charge >= 0.3 is 5.97 Å². The third-order valence-electron chi connectivity index (χ3n) is 2.62. The minimum atomic E-state index is -0.603. The van der Waals surface area contributed by atoms with E-state index in [-0.39, 0.29) is 5.91 Å². The molecule has 0 aliphatic heterocycles. The lowest BCUT2D eigenvalue weighted by atomic mass is 10.0. The summed E-state index contributed by atoms with van der Waals surface area (Å²) in [6.07, 6.45) is 0.557. The fourth-order valence-corrected chi connectivity index (χ4v) is 2.34. The number of halogens is 1. The molecule has 0 bridgehead atoms. The van der Waals surface area contributed by atoms with Crippen molar-refractivity contribution in [3.8, 4) is 0 Å². The molecule has 0 aromatic heterocycles. The molecule has 1 atom stereocenters. The lowest BCUT2D eigenvalue weighted by molar-refractivity contribution is -0.143. The third kappa shape index (κ3) is 4.81. The zero-order valence-corrected chi connectivity index (χ0v) is 13.4. The van der Waals surface area contributed by atoms with Crippen LogP contribution >= 0.6 is 22.6 Å². The van der Waals surface area contributed by atoms with E-state index in [9.17, 15) is 9.59 Å². The first-order valence-corrected chi connectivity index (χ1v) is 7.16. The van der Waals surface area contributed by atoms with Crippen LogP contribution in [0.25, 0.3) is 0 Å². The molecule has 19 heavy (non-hydrogen) atoms. The first-order chi connectivity index (χ1) is 8.95. The maximum absolute atomic E-state index is 12.2. The molecule has 4 nitrogen and oxygen atoms in total. The minimum absolute atomic E-state index is 0.249. The Morgan fingerprint density at radius 3 is 2.47 bits per heavy atom. The van der Waals surface area contributed by atoms with E-state index in [1.165, 1.54) is 7.11 Å². The van der Waals surface area contributed by atoms with Gasteiger partial charge in [-0.05, 0) is 47.1 Å². The number of nitrogens with one attached hydrogen (secondary N) is 1. The fraction of sp³-hybridized carbons (Fsp3) is 0.429. The summed E-state index contributed by atoms with van der Waals surface area (Å²) >= 11 is 2.10. The molecular weight excluding hydrogens is 357 g/mol. The zero-order chi connectivity index (χ0) is 14.4. The predicted octanol–water partition coefficient (Wildman–Crippen LogP) is 2.61. The van der Waals surface area contributed by atoms with Crippen molar-refractivity contribution in [3.05, 3.63) is 33.4 Å².